The van der Waals surface area contributed by atoms with Gasteiger partial charge in [-0.1, -0.05) is 30.0 Å². The Hall–Kier alpha value is -2.23. The smallest absolute Gasteiger partial charge is 0.335 e. The van der Waals surface area contributed by atoms with Crippen LogP contribution in [-0.2, 0) is 11.0 Å². The lowest BCUT2D eigenvalue weighted by molar-refractivity contribution is -0.146. The van der Waals surface area contributed by atoms with Gasteiger partial charge in [-0.2, -0.15) is 13.2 Å². The monoisotopic (exact) mass is 331 g/mol. The highest BCUT2D eigenvalue weighted by Gasteiger charge is 2.38. The van der Waals surface area contributed by atoms with E-state index in [4.69, 9.17) is 5.84 Å². The first-order valence-electron chi connectivity index (χ1n) is 6.09. The lowest BCUT2D eigenvalue weighted by Crippen LogP contribution is -2.25. The highest BCUT2D eigenvalue weighted by Crippen LogP contribution is 2.30. The van der Waals surface area contributed by atoms with Gasteiger partial charge in [0.15, 0.2) is 0 Å². The number of thioether (sulfide) groups is 1. The fourth-order valence-electron chi connectivity index (χ4n) is 1.53. The van der Waals surface area contributed by atoms with E-state index in [1.165, 1.54) is 6.92 Å². The molecule has 1 heterocycles. The first kappa shape index (κ1) is 16.1. The maximum Gasteiger partial charge on any atom is 0.453 e. The number of anilines is 1. The molecule has 1 atom stereocenters. The van der Waals surface area contributed by atoms with E-state index in [1.807, 2.05) is 0 Å². The molecule has 0 fully saturated rings. The van der Waals surface area contributed by atoms with Crippen molar-refractivity contribution in [3.05, 3.63) is 36.2 Å². The predicted octanol–water partition coefficient (Wildman–Crippen LogP) is 2.13. The fraction of sp³-hybridized carbons (Fsp3) is 0.250. The number of hydrogen-bond acceptors (Lipinski definition) is 5. The van der Waals surface area contributed by atoms with Gasteiger partial charge in [-0.3, -0.25) is 4.79 Å². The maximum absolute atomic E-state index is 12.6. The van der Waals surface area contributed by atoms with E-state index >= 15 is 0 Å². The minimum absolute atomic E-state index is 0.192. The molecule has 1 aromatic carbocycles. The summed E-state index contributed by atoms with van der Waals surface area (Å²) in [7, 11) is 0. The lowest BCUT2D eigenvalue weighted by Gasteiger charge is -2.11. The van der Waals surface area contributed by atoms with Crippen LogP contribution < -0.4 is 11.2 Å². The van der Waals surface area contributed by atoms with Crippen molar-refractivity contribution >= 4 is 23.4 Å². The Bertz CT molecular complexity index is 659. The summed E-state index contributed by atoms with van der Waals surface area (Å²) >= 11 is 0.787. The van der Waals surface area contributed by atoms with Crippen LogP contribution in [0.4, 0.5) is 18.9 Å². The molecule has 0 aliphatic carbocycles. The standard InChI is InChI=1S/C12H12F3N5OS/c1-7(9(21)17-8-5-3-2-4-6-8)22-11-19-18-10(20(11)16)12(13,14)15/h2-7H,16H2,1H3,(H,17,21). The zero-order valence-corrected chi connectivity index (χ0v) is 12.1. The molecule has 118 valence electrons. The van der Waals surface area contributed by atoms with E-state index in [1.54, 1.807) is 30.3 Å². The van der Waals surface area contributed by atoms with Gasteiger partial charge in [0.2, 0.25) is 11.1 Å². The van der Waals surface area contributed by atoms with Gasteiger partial charge in [-0.25, -0.2) is 4.68 Å². The first-order chi connectivity index (χ1) is 10.3. The number of nitrogens with one attached hydrogen (secondary N) is 1. The van der Waals surface area contributed by atoms with Gasteiger partial charge in [-0.15, -0.1) is 10.2 Å². The second kappa shape index (κ2) is 6.26. The van der Waals surface area contributed by atoms with Gasteiger partial charge in [0.05, 0.1) is 5.25 Å². The topological polar surface area (TPSA) is 85.8 Å². The van der Waals surface area contributed by atoms with Crippen molar-refractivity contribution in [3.63, 3.8) is 0 Å². The Morgan fingerprint density at radius 2 is 1.95 bits per heavy atom. The largest absolute Gasteiger partial charge is 0.453 e. The number of nitrogens with zero attached hydrogens (tertiary/aromatic N) is 3. The number of alkyl halides is 3. The molecule has 2 aromatic rings. The summed E-state index contributed by atoms with van der Waals surface area (Å²) in [5.41, 5.74) is 0.588. The fourth-order valence-corrected chi connectivity index (χ4v) is 2.30. The molecule has 1 aromatic heterocycles. The van der Waals surface area contributed by atoms with Crippen molar-refractivity contribution in [2.75, 3.05) is 11.2 Å². The molecule has 0 radical (unpaired) electrons. The molecule has 22 heavy (non-hydrogen) atoms. The van der Waals surface area contributed by atoms with Gasteiger partial charge in [0.25, 0.3) is 5.82 Å². The molecule has 3 N–H and O–H groups in total. The number of nitrogen functional groups attached to an aromatic ring is 1. The van der Waals surface area contributed by atoms with Crippen molar-refractivity contribution < 1.29 is 18.0 Å². The molecule has 0 aliphatic heterocycles. The molecule has 0 saturated carbocycles. The van der Waals surface area contributed by atoms with Crippen molar-refractivity contribution in [1.29, 1.82) is 0 Å². The second-order valence-corrected chi connectivity index (χ2v) is 5.60. The number of hydrogen-bond donors (Lipinski definition) is 2. The number of amides is 1. The zero-order chi connectivity index (χ0) is 16.3. The number of aromatic nitrogens is 3. The molecule has 6 nitrogen and oxygen atoms in total. The summed E-state index contributed by atoms with van der Waals surface area (Å²) in [5, 5.41) is 8.10. The van der Waals surface area contributed by atoms with Crippen LogP contribution in [0, 0.1) is 0 Å². The molecule has 2 rings (SSSR count). The summed E-state index contributed by atoms with van der Waals surface area (Å²) in [4.78, 5) is 12.0. The molecule has 0 saturated heterocycles. The Morgan fingerprint density at radius 3 is 2.50 bits per heavy atom. The number of nitrogens with two attached hydrogens (primary N) is 1. The number of carbonyl (C=O) groups is 1. The number of benzene rings is 1. The average molecular weight is 331 g/mol. The summed E-state index contributed by atoms with van der Waals surface area (Å²) in [5.74, 6) is 3.61. The maximum atomic E-state index is 12.6. The van der Waals surface area contributed by atoms with E-state index in [9.17, 15) is 18.0 Å². The van der Waals surface area contributed by atoms with Gasteiger partial charge in [0, 0.05) is 5.69 Å². The van der Waals surface area contributed by atoms with Crippen molar-refractivity contribution in [2.24, 2.45) is 0 Å². The predicted molar refractivity (Wildman–Crippen MR) is 75.6 cm³/mol. The van der Waals surface area contributed by atoms with Crippen molar-refractivity contribution in [1.82, 2.24) is 14.9 Å². The second-order valence-electron chi connectivity index (χ2n) is 4.29. The van der Waals surface area contributed by atoms with E-state index in [-0.39, 0.29) is 11.1 Å². The number of carbonyl (C=O) groups excluding carboxylic acids is 1. The minimum Gasteiger partial charge on any atom is -0.335 e. The Morgan fingerprint density at radius 1 is 1.32 bits per heavy atom. The molecule has 0 aliphatic rings. The number of rotatable bonds is 4. The van der Waals surface area contributed by atoms with Crippen molar-refractivity contribution in [2.45, 2.75) is 23.5 Å². The molecule has 0 spiro atoms. The summed E-state index contributed by atoms with van der Waals surface area (Å²) in [6.07, 6.45) is -4.70. The Kier molecular flexibility index (Phi) is 4.59. The van der Waals surface area contributed by atoms with Crippen LogP contribution in [0.1, 0.15) is 12.7 Å². The highest BCUT2D eigenvalue weighted by atomic mass is 32.2. The van der Waals surface area contributed by atoms with Gasteiger partial charge < -0.3 is 11.2 Å². The van der Waals surface area contributed by atoms with E-state index < -0.39 is 17.3 Å². The first-order valence-corrected chi connectivity index (χ1v) is 6.97. The van der Waals surface area contributed by atoms with E-state index in [0.29, 0.717) is 10.4 Å². The lowest BCUT2D eigenvalue weighted by atomic mass is 10.3. The quantitative estimate of drug-likeness (QED) is 0.662. The van der Waals surface area contributed by atoms with Gasteiger partial charge in [0.1, 0.15) is 0 Å². The Labute approximate surface area is 127 Å². The van der Waals surface area contributed by atoms with E-state index in [0.717, 1.165) is 11.8 Å². The van der Waals surface area contributed by atoms with Crippen LogP contribution in [0.25, 0.3) is 0 Å². The molecular formula is C12H12F3N5OS. The van der Waals surface area contributed by atoms with Crippen LogP contribution in [0.3, 0.4) is 0 Å². The molecule has 0 bridgehead atoms. The SMILES string of the molecule is CC(Sc1nnc(C(F)(F)F)n1N)C(=O)Nc1ccccc1. The number of para-hydroxylation sites is 1. The third-order valence-corrected chi connectivity index (χ3v) is 3.67. The number of halogens is 3. The molecular weight excluding hydrogens is 319 g/mol. The third kappa shape index (κ3) is 3.70. The van der Waals surface area contributed by atoms with Crippen molar-refractivity contribution in [3.8, 4) is 0 Å². The normalized spacial score (nSPS) is 12.9. The molecule has 1 unspecified atom stereocenters. The third-order valence-electron chi connectivity index (χ3n) is 2.61. The highest BCUT2D eigenvalue weighted by molar-refractivity contribution is 8.00. The summed E-state index contributed by atoms with van der Waals surface area (Å²) < 4.78 is 38.0. The van der Waals surface area contributed by atoms with E-state index in [2.05, 4.69) is 15.5 Å². The van der Waals surface area contributed by atoms with Crippen LogP contribution in [-0.4, -0.2) is 26.0 Å². The molecule has 1 amide bonds. The average Bonchev–Trinajstić information content (AvgIpc) is 2.81. The zero-order valence-electron chi connectivity index (χ0n) is 11.3. The molecule has 10 heteroatoms. The Balaban J connectivity index is 2.04. The summed E-state index contributed by atoms with van der Waals surface area (Å²) in [6.45, 7) is 1.53. The van der Waals surface area contributed by atoms with Crippen LogP contribution >= 0.6 is 11.8 Å². The van der Waals surface area contributed by atoms with Gasteiger partial charge in [-0.05, 0) is 19.1 Å². The minimum atomic E-state index is -4.70. The van der Waals surface area contributed by atoms with Gasteiger partial charge >= 0.3 is 6.18 Å². The van der Waals surface area contributed by atoms with Crippen LogP contribution in [0.15, 0.2) is 35.5 Å². The van der Waals surface area contributed by atoms with Crippen LogP contribution in [0.2, 0.25) is 0 Å². The summed E-state index contributed by atoms with van der Waals surface area (Å²) in [6, 6.07) is 8.69. The van der Waals surface area contributed by atoms with Crippen LogP contribution in [0.5, 0.6) is 0 Å².